The first-order chi connectivity index (χ1) is 12.2. The Hall–Kier alpha value is -2.50. The standard InChI is InChI=1S/C19H24N2O4/c1-2-24-18(22)17-15(14-9-5-6-10-16(14)25-17)12-21-19(23)20-11-13-7-3-4-8-13/h5-6,9-10,13H,2-4,7-8,11-12H2,1H3,(H2,20,21,23). The fraction of sp³-hybridized carbons (Fsp3) is 0.474. The van der Waals surface area contributed by atoms with Crippen molar-refractivity contribution in [3.63, 3.8) is 0 Å². The fourth-order valence-corrected chi connectivity index (χ4v) is 3.32. The number of para-hydroxylation sites is 1. The van der Waals surface area contributed by atoms with Crippen molar-refractivity contribution in [2.75, 3.05) is 13.2 Å². The molecule has 0 aliphatic heterocycles. The Morgan fingerprint density at radius 3 is 2.72 bits per heavy atom. The normalized spacial score (nSPS) is 14.6. The Morgan fingerprint density at radius 1 is 1.20 bits per heavy atom. The van der Waals surface area contributed by atoms with E-state index in [-0.39, 0.29) is 24.9 Å². The van der Waals surface area contributed by atoms with Gasteiger partial charge in [0.25, 0.3) is 0 Å². The number of esters is 1. The van der Waals surface area contributed by atoms with Crippen LogP contribution in [0.4, 0.5) is 4.79 Å². The lowest BCUT2D eigenvalue weighted by molar-refractivity contribution is 0.0490. The number of rotatable bonds is 6. The van der Waals surface area contributed by atoms with Crippen LogP contribution in [0.25, 0.3) is 11.0 Å². The van der Waals surface area contributed by atoms with Crippen LogP contribution in [0, 0.1) is 5.92 Å². The average molecular weight is 344 g/mol. The quantitative estimate of drug-likeness (QED) is 0.785. The third-order valence-corrected chi connectivity index (χ3v) is 4.61. The molecule has 1 aromatic carbocycles. The molecule has 2 amide bonds. The van der Waals surface area contributed by atoms with Gasteiger partial charge in [-0.1, -0.05) is 31.0 Å². The van der Waals surface area contributed by atoms with E-state index >= 15 is 0 Å². The van der Waals surface area contributed by atoms with Crippen molar-refractivity contribution >= 4 is 23.0 Å². The number of benzene rings is 1. The topological polar surface area (TPSA) is 80.6 Å². The molecule has 0 radical (unpaired) electrons. The fourth-order valence-electron chi connectivity index (χ4n) is 3.32. The highest BCUT2D eigenvalue weighted by Gasteiger charge is 2.22. The minimum absolute atomic E-state index is 0.152. The summed E-state index contributed by atoms with van der Waals surface area (Å²) in [5.74, 6) is 0.219. The second kappa shape index (κ2) is 8.05. The molecule has 0 saturated heterocycles. The second-order valence-electron chi connectivity index (χ2n) is 6.34. The molecule has 0 bridgehead atoms. The summed E-state index contributed by atoms with van der Waals surface area (Å²) >= 11 is 0. The summed E-state index contributed by atoms with van der Waals surface area (Å²) in [4.78, 5) is 24.2. The summed E-state index contributed by atoms with van der Waals surface area (Å²) in [5, 5.41) is 6.54. The Balaban J connectivity index is 1.67. The van der Waals surface area contributed by atoms with Gasteiger partial charge in [-0.3, -0.25) is 0 Å². The smallest absolute Gasteiger partial charge is 0.374 e. The third kappa shape index (κ3) is 4.13. The van der Waals surface area contributed by atoms with Crippen molar-refractivity contribution in [1.29, 1.82) is 0 Å². The monoisotopic (exact) mass is 344 g/mol. The van der Waals surface area contributed by atoms with E-state index in [0.29, 0.717) is 23.6 Å². The molecule has 0 unspecified atom stereocenters. The summed E-state index contributed by atoms with van der Waals surface area (Å²) in [6.07, 6.45) is 4.86. The zero-order valence-electron chi connectivity index (χ0n) is 14.5. The lowest BCUT2D eigenvalue weighted by atomic mass is 10.1. The highest BCUT2D eigenvalue weighted by Crippen LogP contribution is 2.26. The van der Waals surface area contributed by atoms with Crippen molar-refractivity contribution in [2.24, 2.45) is 5.92 Å². The van der Waals surface area contributed by atoms with Gasteiger partial charge < -0.3 is 19.8 Å². The van der Waals surface area contributed by atoms with Crippen LogP contribution in [-0.4, -0.2) is 25.2 Å². The molecule has 1 aliphatic carbocycles. The third-order valence-electron chi connectivity index (χ3n) is 4.61. The predicted molar refractivity (Wildman–Crippen MR) is 94.4 cm³/mol. The molecule has 1 saturated carbocycles. The summed E-state index contributed by atoms with van der Waals surface area (Å²) in [7, 11) is 0. The Morgan fingerprint density at radius 2 is 1.96 bits per heavy atom. The molecule has 0 atom stereocenters. The van der Waals surface area contributed by atoms with Crippen molar-refractivity contribution < 1.29 is 18.7 Å². The van der Waals surface area contributed by atoms with Gasteiger partial charge in [0.05, 0.1) is 6.61 Å². The van der Waals surface area contributed by atoms with Crippen LogP contribution in [0.2, 0.25) is 0 Å². The molecule has 25 heavy (non-hydrogen) atoms. The summed E-state index contributed by atoms with van der Waals surface area (Å²) < 4.78 is 10.7. The zero-order valence-corrected chi connectivity index (χ0v) is 14.5. The van der Waals surface area contributed by atoms with Crippen LogP contribution in [-0.2, 0) is 11.3 Å². The van der Waals surface area contributed by atoms with E-state index in [9.17, 15) is 9.59 Å². The van der Waals surface area contributed by atoms with Gasteiger partial charge in [-0.2, -0.15) is 0 Å². The first-order valence-corrected chi connectivity index (χ1v) is 8.88. The van der Waals surface area contributed by atoms with Crippen molar-refractivity contribution in [1.82, 2.24) is 10.6 Å². The van der Waals surface area contributed by atoms with E-state index in [1.807, 2.05) is 18.2 Å². The highest BCUT2D eigenvalue weighted by molar-refractivity contribution is 5.96. The Labute approximate surface area is 146 Å². The SMILES string of the molecule is CCOC(=O)c1oc2ccccc2c1CNC(=O)NCC1CCCC1. The molecule has 6 nitrogen and oxygen atoms in total. The molecule has 6 heteroatoms. The number of amides is 2. The van der Waals surface area contributed by atoms with Crippen molar-refractivity contribution in [3.8, 4) is 0 Å². The molecule has 1 aliphatic rings. The summed E-state index contributed by atoms with van der Waals surface area (Å²) in [5.41, 5.74) is 1.25. The van der Waals surface area contributed by atoms with E-state index < -0.39 is 5.97 Å². The minimum Gasteiger partial charge on any atom is -0.460 e. The van der Waals surface area contributed by atoms with Crippen LogP contribution >= 0.6 is 0 Å². The van der Waals surface area contributed by atoms with E-state index in [4.69, 9.17) is 9.15 Å². The number of nitrogens with one attached hydrogen (secondary N) is 2. The zero-order chi connectivity index (χ0) is 17.6. The largest absolute Gasteiger partial charge is 0.460 e. The summed E-state index contributed by atoms with van der Waals surface area (Å²) in [6.45, 7) is 2.92. The molecule has 0 spiro atoms. The molecule has 3 rings (SSSR count). The number of carbonyl (C=O) groups is 2. The van der Waals surface area contributed by atoms with Gasteiger partial charge in [0.15, 0.2) is 0 Å². The lowest BCUT2D eigenvalue weighted by Crippen LogP contribution is -2.37. The van der Waals surface area contributed by atoms with Crippen LogP contribution in [0.1, 0.15) is 48.7 Å². The number of ether oxygens (including phenoxy) is 1. The first-order valence-electron chi connectivity index (χ1n) is 8.88. The predicted octanol–water partition coefficient (Wildman–Crippen LogP) is 3.60. The van der Waals surface area contributed by atoms with Gasteiger partial charge in [-0.15, -0.1) is 0 Å². The Kier molecular flexibility index (Phi) is 5.58. The van der Waals surface area contributed by atoms with Crippen molar-refractivity contribution in [3.05, 3.63) is 35.6 Å². The second-order valence-corrected chi connectivity index (χ2v) is 6.34. The molecular weight excluding hydrogens is 320 g/mol. The lowest BCUT2D eigenvalue weighted by Gasteiger charge is -2.11. The van der Waals surface area contributed by atoms with Gasteiger partial charge in [-0.05, 0) is 31.7 Å². The number of fused-ring (bicyclic) bond motifs is 1. The van der Waals surface area contributed by atoms with E-state index in [2.05, 4.69) is 10.6 Å². The van der Waals surface area contributed by atoms with Gasteiger partial charge in [0.2, 0.25) is 5.76 Å². The van der Waals surface area contributed by atoms with Crippen LogP contribution in [0.5, 0.6) is 0 Å². The maximum absolute atomic E-state index is 12.1. The molecule has 1 fully saturated rings. The van der Waals surface area contributed by atoms with Crippen LogP contribution < -0.4 is 10.6 Å². The number of carbonyl (C=O) groups excluding carboxylic acids is 2. The Bertz CT molecular complexity index is 747. The molecule has 1 heterocycles. The highest BCUT2D eigenvalue weighted by atomic mass is 16.5. The number of hydrogen-bond donors (Lipinski definition) is 2. The average Bonchev–Trinajstić information content (AvgIpc) is 3.26. The minimum atomic E-state index is -0.512. The first kappa shape index (κ1) is 17.3. The van der Waals surface area contributed by atoms with Crippen molar-refractivity contribution in [2.45, 2.75) is 39.2 Å². The number of furan rings is 1. The summed E-state index contributed by atoms with van der Waals surface area (Å²) in [6, 6.07) is 7.14. The molecular formula is C19H24N2O4. The van der Waals surface area contributed by atoms with Gasteiger partial charge in [-0.25, -0.2) is 9.59 Å². The maximum Gasteiger partial charge on any atom is 0.374 e. The number of urea groups is 1. The van der Waals surface area contributed by atoms with Crippen LogP contribution in [0.3, 0.4) is 0 Å². The molecule has 1 aromatic heterocycles. The number of hydrogen-bond acceptors (Lipinski definition) is 4. The molecule has 2 N–H and O–H groups in total. The maximum atomic E-state index is 12.1. The van der Waals surface area contributed by atoms with Gasteiger partial charge >= 0.3 is 12.0 Å². The van der Waals surface area contributed by atoms with E-state index in [1.165, 1.54) is 25.7 Å². The van der Waals surface area contributed by atoms with E-state index in [1.54, 1.807) is 13.0 Å². The van der Waals surface area contributed by atoms with Gasteiger partial charge in [0, 0.05) is 24.0 Å². The van der Waals surface area contributed by atoms with Gasteiger partial charge in [0.1, 0.15) is 5.58 Å². The van der Waals surface area contributed by atoms with E-state index in [0.717, 1.165) is 5.39 Å². The molecule has 134 valence electrons. The molecule has 2 aromatic rings. The van der Waals surface area contributed by atoms with Crippen LogP contribution in [0.15, 0.2) is 28.7 Å².